The van der Waals surface area contributed by atoms with Gasteiger partial charge < -0.3 is 10.5 Å². The molecule has 1 aromatic heterocycles. The van der Waals surface area contributed by atoms with Crippen LogP contribution in [0.5, 0.6) is 5.75 Å². The molecule has 7 heteroatoms. The summed E-state index contributed by atoms with van der Waals surface area (Å²) in [7, 11) is 1.46. The van der Waals surface area contributed by atoms with Crippen LogP contribution in [0.3, 0.4) is 0 Å². The molecule has 5 nitrogen and oxygen atoms in total. The maximum atomic E-state index is 12.0. The molecule has 0 aliphatic rings. The Kier molecular flexibility index (Phi) is 3.69. The van der Waals surface area contributed by atoms with Crippen molar-refractivity contribution in [1.29, 1.82) is 0 Å². The number of ether oxygens (including phenoxy) is 1. The van der Waals surface area contributed by atoms with Gasteiger partial charge in [-0.3, -0.25) is 10.1 Å². The summed E-state index contributed by atoms with van der Waals surface area (Å²) >= 11 is 7.22. The van der Waals surface area contributed by atoms with Gasteiger partial charge in [0.1, 0.15) is 5.75 Å². The number of carbonyl (C=O) groups excluding carboxylic acids is 1. The molecule has 3 N–H and O–H groups in total. The van der Waals surface area contributed by atoms with Crippen LogP contribution in [0.4, 0.5) is 10.8 Å². The van der Waals surface area contributed by atoms with Gasteiger partial charge in [0.2, 0.25) is 0 Å². The lowest BCUT2D eigenvalue weighted by molar-refractivity contribution is 0.102. The van der Waals surface area contributed by atoms with Crippen LogP contribution in [-0.2, 0) is 0 Å². The normalized spacial score (nSPS) is 10.1. The largest absolute Gasteiger partial charge is 0.496 e. The molecule has 0 radical (unpaired) electrons. The van der Waals surface area contributed by atoms with Gasteiger partial charge in [0.25, 0.3) is 5.91 Å². The second-order valence-corrected chi connectivity index (χ2v) is 4.67. The number of nitrogens with zero attached hydrogens (tertiary/aromatic N) is 1. The van der Waals surface area contributed by atoms with Crippen molar-refractivity contribution in [3.63, 3.8) is 0 Å². The highest BCUT2D eigenvalue weighted by molar-refractivity contribution is 7.13. The van der Waals surface area contributed by atoms with E-state index in [1.165, 1.54) is 30.6 Å². The number of nitrogens with one attached hydrogen (secondary N) is 1. The van der Waals surface area contributed by atoms with E-state index in [1.54, 1.807) is 11.6 Å². The summed E-state index contributed by atoms with van der Waals surface area (Å²) in [6.45, 7) is 0. The van der Waals surface area contributed by atoms with Gasteiger partial charge in [-0.2, -0.15) is 0 Å². The van der Waals surface area contributed by atoms with Crippen LogP contribution in [0.15, 0.2) is 23.7 Å². The first-order chi connectivity index (χ1) is 8.61. The summed E-state index contributed by atoms with van der Waals surface area (Å²) in [6.07, 6.45) is 1.60. The Morgan fingerprint density at radius 2 is 2.33 bits per heavy atom. The number of nitrogens with two attached hydrogens (primary N) is 1. The molecule has 0 atom stereocenters. The van der Waals surface area contributed by atoms with E-state index in [0.29, 0.717) is 27.2 Å². The van der Waals surface area contributed by atoms with Crippen molar-refractivity contribution < 1.29 is 9.53 Å². The lowest BCUT2D eigenvalue weighted by Crippen LogP contribution is -2.13. The minimum atomic E-state index is -0.344. The maximum absolute atomic E-state index is 12.0. The molecule has 18 heavy (non-hydrogen) atoms. The molecule has 0 aliphatic heterocycles. The van der Waals surface area contributed by atoms with Crippen molar-refractivity contribution in [2.24, 2.45) is 0 Å². The topological polar surface area (TPSA) is 77.2 Å². The Morgan fingerprint density at radius 3 is 2.94 bits per heavy atom. The number of halogens is 1. The molecule has 0 spiro atoms. The average molecular weight is 284 g/mol. The van der Waals surface area contributed by atoms with Crippen molar-refractivity contribution in [3.05, 3.63) is 34.3 Å². The van der Waals surface area contributed by atoms with E-state index in [0.717, 1.165) is 0 Å². The van der Waals surface area contributed by atoms with Crippen LogP contribution in [-0.4, -0.2) is 18.0 Å². The van der Waals surface area contributed by atoms with Gasteiger partial charge in [-0.25, -0.2) is 4.98 Å². The second-order valence-electron chi connectivity index (χ2n) is 3.37. The van der Waals surface area contributed by atoms with E-state index in [-0.39, 0.29) is 5.91 Å². The summed E-state index contributed by atoms with van der Waals surface area (Å²) in [5.74, 6) is 0.0228. The highest BCUT2D eigenvalue weighted by atomic mass is 35.5. The first-order valence-electron chi connectivity index (χ1n) is 4.95. The minimum absolute atomic E-state index is 0.306. The number of nitrogen functional groups attached to an aromatic ring is 1. The Hall–Kier alpha value is -1.79. The minimum Gasteiger partial charge on any atom is -0.496 e. The van der Waals surface area contributed by atoms with Crippen LogP contribution in [0.2, 0.25) is 5.02 Å². The smallest absolute Gasteiger partial charge is 0.261 e. The second kappa shape index (κ2) is 5.24. The van der Waals surface area contributed by atoms with Crippen LogP contribution >= 0.6 is 22.9 Å². The molecule has 1 aromatic carbocycles. The monoisotopic (exact) mass is 283 g/mol. The summed E-state index contributed by atoms with van der Waals surface area (Å²) in [5, 5.41) is 5.23. The molecular formula is C11H10ClN3O2S. The Balaban J connectivity index is 2.32. The number of benzene rings is 1. The van der Waals surface area contributed by atoms with E-state index in [4.69, 9.17) is 22.1 Å². The molecule has 0 aliphatic carbocycles. The SMILES string of the molecule is COc1cc(N)c(Cl)cc1C(=O)Nc1nccs1. The molecule has 0 bridgehead atoms. The van der Waals surface area contributed by atoms with Gasteiger partial charge in [0.05, 0.1) is 23.4 Å². The van der Waals surface area contributed by atoms with Crippen LogP contribution in [0.25, 0.3) is 0 Å². The maximum Gasteiger partial charge on any atom is 0.261 e. The van der Waals surface area contributed by atoms with Gasteiger partial charge in [-0.05, 0) is 6.07 Å². The van der Waals surface area contributed by atoms with Gasteiger partial charge in [0, 0.05) is 17.6 Å². The molecule has 94 valence electrons. The van der Waals surface area contributed by atoms with Crippen LogP contribution in [0.1, 0.15) is 10.4 Å². The summed E-state index contributed by atoms with van der Waals surface area (Å²) in [5.41, 5.74) is 6.32. The fourth-order valence-corrected chi connectivity index (χ4v) is 2.05. The van der Waals surface area contributed by atoms with Crippen LogP contribution in [0, 0.1) is 0 Å². The Morgan fingerprint density at radius 1 is 1.56 bits per heavy atom. The summed E-state index contributed by atoms with van der Waals surface area (Å²) in [6, 6.07) is 2.98. The van der Waals surface area contributed by atoms with E-state index in [2.05, 4.69) is 10.3 Å². The molecule has 0 fully saturated rings. The zero-order valence-corrected chi connectivity index (χ0v) is 11.0. The number of hydrogen-bond acceptors (Lipinski definition) is 5. The first-order valence-corrected chi connectivity index (χ1v) is 6.21. The number of carbonyl (C=O) groups is 1. The number of methoxy groups -OCH3 is 1. The fraction of sp³-hybridized carbons (Fsp3) is 0.0909. The molecule has 1 amide bonds. The van der Waals surface area contributed by atoms with Gasteiger partial charge in [0.15, 0.2) is 5.13 Å². The highest BCUT2D eigenvalue weighted by Gasteiger charge is 2.15. The summed E-state index contributed by atoms with van der Waals surface area (Å²) < 4.78 is 5.10. The third kappa shape index (κ3) is 2.55. The molecule has 2 rings (SSSR count). The quantitative estimate of drug-likeness (QED) is 0.849. The van der Waals surface area contributed by atoms with E-state index < -0.39 is 0 Å². The van der Waals surface area contributed by atoms with Crippen LogP contribution < -0.4 is 15.8 Å². The van der Waals surface area contributed by atoms with Gasteiger partial charge >= 0.3 is 0 Å². The van der Waals surface area contributed by atoms with Crippen molar-refractivity contribution in [2.75, 3.05) is 18.2 Å². The number of anilines is 2. The molecule has 1 heterocycles. The third-order valence-electron chi connectivity index (χ3n) is 2.22. The predicted molar refractivity (Wildman–Crippen MR) is 72.5 cm³/mol. The number of rotatable bonds is 3. The zero-order chi connectivity index (χ0) is 13.1. The lowest BCUT2D eigenvalue weighted by atomic mass is 10.1. The van der Waals surface area contributed by atoms with E-state index >= 15 is 0 Å². The fourth-order valence-electron chi connectivity index (χ4n) is 1.37. The number of amides is 1. The molecule has 0 saturated heterocycles. The number of hydrogen-bond donors (Lipinski definition) is 2. The molecule has 0 unspecified atom stereocenters. The number of aromatic nitrogens is 1. The summed E-state index contributed by atoms with van der Waals surface area (Å²) in [4.78, 5) is 16.0. The lowest BCUT2D eigenvalue weighted by Gasteiger charge is -2.10. The average Bonchev–Trinajstić information content (AvgIpc) is 2.84. The van der Waals surface area contributed by atoms with E-state index in [9.17, 15) is 4.79 Å². The van der Waals surface area contributed by atoms with Crippen molar-refractivity contribution in [3.8, 4) is 5.75 Å². The highest BCUT2D eigenvalue weighted by Crippen LogP contribution is 2.29. The van der Waals surface area contributed by atoms with Gasteiger partial charge in [-0.1, -0.05) is 11.6 Å². The standard InChI is InChI=1S/C11H10ClN3O2S/c1-17-9-5-8(13)7(12)4-6(9)10(16)15-11-14-2-3-18-11/h2-5H,13H2,1H3,(H,14,15,16). The Labute approximate surface area is 113 Å². The van der Waals surface area contributed by atoms with Crippen molar-refractivity contribution in [2.45, 2.75) is 0 Å². The molecular weight excluding hydrogens is 274 g/mol. The number of thiazole rings is 1. The van der Waals surface area contributed by atoms with Crippen molar-refractivity contribution >= 4 is 39.7 Å². The van der Waals surface area contributed by atoms with Crippen molar-refractivity contribution in [1.82, 2.24) is 4.98 Å². The molecule has 0 saturated carbocycles. The van der Waals surface area contributed by atoms with E-state index in [1.807, 2.05) is 0 Å². The predicted octanol–water partition coefficient (Wildman–Crippen LogP) is 2.64. The zero-order valence-electron chi connectivity index (χ0n) is 9.44. The Bertz CT molecular complexity index is 572. The third-order valence-corrected chi connectivity index (χ3v) is 3.23. The first kappa shape index (κ1) is 12.7. The van der Waals surface area contributed by atoms with Gasteiger partial charge in [-0.15, -0.1) is 11.3 Å². The molecule has 2 aromatic rings.